The van der Waals surface area contributed by atoms with Gasteiger partial charge in [-0.05, 0) is 59.5 Å². The minimum absolute atomic E-state index is 0.0000279. The Bertz CT molecular complexity index is 4990. The van der Waals surface area contributed by atoms with E-state index in [9.17, 15) is 39.3 Å². The number of ether oxygens (including phenoxy) is 9. The van der Waals surface area contributed by atoms with E-state index in [2.05, 4.69) is 53.4 Å². The molecule has 12 bridgehead atoms. The molecule has 8 aromatic rings. The van der Waals surface area contributed by atoms with Crippen LogP contribution in [0.1, 0.15) is 125 Å². The number of carbonyl (C=O) groups is 9. The van der Waals surface area contributed by atoms with E-state index < -0.39 is 151 Å². The van der Waals surface area contributed by atoms with E-state index in [1.54, 1.807) is 45.0 Å². The van der Waals surface area contributed by atoms with Crippen LogP contribution in [0.4, 0.5) is 4.79 Å². The van der Waals surface area contributed by atoms with Gasteiger partial charge in [0.15, 0.2) is 18.1 Å². The number of rotatable bonds is 21. The fourth-order valence-electron chi connectivity index (χ4n) is 12.8. The minimum Gasteiger partial charge on any atom is -0.506 e. The summed E-state index contributed by atoms with van der Waals surface area (Å²) in [7, 11) is 4.80. The van der Waals surface area contributed by atoms with Gasteiger partial charge in [0.25, 0.3) is 29.5 Å². The Balaban J connectivity index is 1.03. The third-order valence-corrected chi connectivity index (χ3v) is 22.4. The summed E-state index contributed by atoms with van der Waals surface area (Å²) in [6.45, 7) is 8.01. The van der Waals surface area contributed by atoms with Gasteiger partial charge in [-0.2, -0.15) is 4.73 Å². The van der Waals surface area contributed by atoms with Crippen LogP contribution in [-0.2, 0) is 70.2 Å². The van der Waals surface area contributed by atoms with Crippen molar-refractivity contribution in [2.75, 3.05) is 80.6 Å². The van der Waals surface area contributed by atoms with Crippen molar-refractivity contribution >= 4 is 127 Å². The van der Waals surface area contributed by atoms with Crippen molar-refractivity contribution in [3.8, 4) is 38.4 Å². The number of carbonyl (C=O) groups excluding carboxylic acids is 9. The molecule has 1 saturated heterocycles. The number of primary amides is 1. The van der Waals surface area contributed by atoms with E-state index in [1.807, 2.05) is 0 Å². The van der Waals surface area contributed by atoms with Crippen molar-refractivity contribution < 1.29 is 111 Å². The molecule has 1 fully saturated rings. The van der Waals surface area contributed by atoms with Crippen LogP contribution < -0.4 is 42.5 Å². The molecule has 7 amide bonds. The van der Waals surface area contributed by atoms with Crippen molar-refractivity contribution in [3.05, 3.63) is 124 Å². The number of methoxy groups -OCH3 is 1. The van der Waals surface area contributed by atoms with E-state index >= 15 is 19.2 Å². The number of aromatic nitrogens is 7. The molecule has 43 heteroatoms. The molecular weight excluding hydrogens is 1580 g/mol. The second-order valence-electron chi connectivity index (χ2n) is 26.2. The lowest BCUT2D eigenvalue weighted by Crippen LogP contribution is -2.62. The molecule has 600 valence electrons. The van der Waals surface area contributed by atoms with Crippen molar-refractivity contribution in [3.63, 3.8) is 0 Å². The molecule has 7 aromatic heterocycles. The highest BCUT2D eigenvalue weighted by atomic mass is 32.1. The molecule has 11 heterocycles. The number of allylic oxidation sites excluding steroid dienone is 1. The number of nitrogens with one attached hydrogen (secondary N) is 6. The smallest absolute Gasteiger partial charge is 0.432 e. The molecule has 4 aliphatic heterocycles. The summed E-state index contributed by atoms with van der Waals surface area (Å²) in [6, 6.07) is 0.349. The molecule has 38 nitrogen and oxygen atoms in total. The first-order valence-corrected chi connectivity index (χ1v) is 39.1. The number of cyclic esters (lactones) is 2. The second kappa shape index (κ2) is 35.9. The van der Waals surface area contributed by atoms with Crippen molar-refractivity contribution in [1.82, 2.24) is 71.4 Å². The molecule has 4 aliphatic rings. The van der Waals surface area contributed by atoms with Gasteiger partial charge in [0.1, 0.15) is 120 Å². The number of hydrogen-bond donors (Lipinski definition) is 11. The first-order chi connectivity index (χ1) is 54.1. The number of nitrogens with two attached hydrogens (primary N) is 1. The molecule has 1 aromatic carbocycles. The molecule has 10 unspecified atom stereocenters. The summed E-state index contributed by atoms with van der Waals surface area (Å²) in [5.74, 6) is -8.60. The van der Waals surface area contributed by atoms with Crippen molar-refractivity contribution in [1.29, 1.82) is 0 Å². The number of amides is 7. The van der Waals surface area contributed by atoms with Gasteiger partial charge in [-0.25, -0.2) is 44.3 Å². The van der Waals surface area contributed by atoms with Gasteiger partial charge >= 0.3 is 18.0 Å². The topological polar surface area (TPSA) is 511 Å². The van der Waals surface area contributed by atoms with Crippen LogP contribution in [0.3, 0.4) is 0 Å². The highest BCUT2D eigenvalue weighted by Crippen LogP contribution is 2.43. The number of nitrogens with zero attached hydrogens (tertiary/aromatic N) is 8. The van der Waals surface area contributed by atoms with Gasteiger partial charge < -0.3 is 110 Å². The van der Waals surface area contributed by atoms with E-state index in [1.165, 1.54) is 60.0 Å². The molecule has 12 rings (SSSR count). The van der Waals surface area contributed by atoms with Crippen molar-refractivity contribution in [2.45, 2.75) is 108 Å². The van der Waals surface area contributed by atoms with Crippen LogP contribution in [0.25, 0.3) is 49.3 Å². The maximum atomic E-state index is 15.8. The molecule has 10 atom stereocenters. The highest BCUT2D eigenvalue weighted by molar-refractivity contribution is 7.14. The number of thiazole rings is 5. The van der Waals surface area contributed by atoms with Crippen LogP contribution in [0.2, 0.25) is 0 Å². The number of fused-ring (bicyclic) bond motifs is 15. The van der Waals surface area contributed by atoms with E-state index in [0.717, 1.165) is 61.4 Å². The molecule has 0 radical (unpaired) electrons. The van der Waals surface area contributed by atoms with Gasteiger partial charge in [-0.1, -0.05) is 18.7 Å². The van der Waals surface area contributed by atoms with Crippen molar-refractivity contribution in [2.24, 2.45) is 5.73 Å². The summed E-state index contributed by atoms with van der Waals surface area (Å²) in [5.41, 5.74) is 1.52. The van der Waals surface area contributed by atoms with Gasteiger partial charge in [-0.3, -0.25) is 28.8 Å². The number of aliphatic hydroxyl groups is 3. The first kappa shape index (κ1) is 82.2. The van der Waals surface area contributed by atoms with Crippen LogP contribution in [0.15, 0.2) is 69.2 Å². The molecule has 0 saturated carbocycles. The number of hydrogen-bond acceptors (Lipinski definition) is 35. The minimum atomic E-state index is -2.00. The summed E-state index contributed by atoms with van der Waals surface area (Å²) in [5, 5.41) is 66.9. The quantitative estimate of drug-likeness (QED) is 0.0213. The normalized spacial score (nSPS) is 22.3. The third kappa shape index (κ3) is 18.5. The Kier molecular flexibility index (Phi) is 26.1. The number of aliphatic hydroxyl groups excluding tert-OH is 2. The first-order valence-electron chi connectivity index (χ1n) is 34.7. The van der Waals surface area contributed by atoms with Gasteiger partial charge in [0, 0.05) is 56.4 Å². The zero-order valence-electron chi connectivity index (χ0n) is 61.3. The fraction of sp³-hybridized carbons (Fsp3) is 0.414. The zero-order valence-corrected chi connectivity index (χ0v) is 65.4. The van der Waals surface area contributed by atoms with Gasteiger partial charge in [-0.15, -0.1) is 56.7 Å². The van der Waals surface area contributed by atoms with Crippen LogP contribution in [0, 0.1) is 0 Å². The summed E-state index contributed by atoms with van der Waals surface area (Å²) < 4.78 is 55.6. The Morgan fingerprint density at radius 1 is 0.814 bits per heavy atom. The standard InChI is InChI=1S/C70H77N15O23S5/c1-30(56(71)89)73-57(90)39-27-112-65(78-39)50-44(88)20-35-49(80-50)38-25-110-63(75-38)37-24-105-67(95)52-36-23-103-53(51(66-79-40(28-113-66)58(91)74-37)83-60(93)42-29-111-64(77-42)48(32(3)99-8)82-61(94)47(31(2)87)81-59(92)41-26-109-62(35)76-41)54(107-45-21-70(5,98)55(84(6)7)33(4)106-45)68(96)104-22-34-10-9-11-43(46(34)36)85(52)108-69(97)72-12-14-100-16-18-102-19-17-101-15-13-86/h9-11,20,25-29,31,33,37,45,47,51,53-55,86-88,98H,1,12-19,21-24H2,2-8H3,(H2,71,89)(H,72,97)(H,73,90)(H,74,91)(H,81,92)(H,82,94)(H,83,93)/b48-32-. The number of benzene rings is 1. The molecule has 0 spiro atoms. The molecular formula is C70H77N15O23S5. The largest absolute Gasteiger partial charge is 0.506 e. The monoisotopic (exact) mass is 1660 g/mol. The third-order valence-electron chi connectivity index (χ3n) is 18.0. The SMILES string of the molecule is C=C(NC(=O)c1csc(-c2nc3c(cc2O)-c2nc(cs2)C(=O)NC(C(C)O)C(=O)N/C(=C(/C)OC)c2nc(cs2)C(=O)NC2c4nc(cs4)C(=O)NC(COC(=O)c4c5c6c(cccc6n4OC(=O)NCCOCCOCCOCCO)COC(=O)C(OC4CC(C)(O)C(N(C)C)C(C)O4)C2OC5)c2nc-3cs2)n1)C(N)=O. The number of aromatic hydroxyl groups is 1. The predicted molar refractivity (Wildman–Crippen MR) is 402 cm³/mol. The Morgan fingerprint density at radius 3 is 2.18 bits per heavy atom. The highest BCUT2D eigenvalue weighted by Gasteiger charge is 2.50. The van der Waals surface area contributed by atoms with Crippen LogP contribution >= 0.6 is 56.7 Å². The average molecular weight is 1660 g/mol. The number of likely N-dealkylation sites (N-methyl/N-ethyl adjacent to an activating group) is 1. The zero-order chi connectivity index (χ0) is 80.7. The number of esters is 2. The van der Waals surface area contributed by atoms with Crippen LogP contribution in [0.5, 0.6) is 5.75 Å². The maximum Gasteiger partial charge on any atom is 0.432 e. The van der Waals surface area contributed by atoms with E-state index in [0.29, 0.717) is 0 Å². The average Bonchev–Trinajstić information content (AvgIpc) is 1.49. The Morgan fingerprint density at radius 2 is 1.47 bits per heavy atom. The lowest BCUT2D eigenvalue weighted by atomic mass is 9.85. The molecule has 12 N–H and O–H groups in total. The lowest BCUT2D eigenvalue weighted by Gasteiger charge is -2.48. The lowest BCUT2D eigenvalue weighted by molar-refractivity contribution is -0.280. The molecule has 0 aliphatic carbocycles. The predicted octanol–water partition coefficient (Wildman–Crippen LogP) is 2.83. The maximum absolute atomic E-state index is 15.8. The summed E-state index contributed by atoms with van der Waals surface area (Å²) in [6.07, 6.45) is -9.01. The fourth-order valence-corrected chi connectivity index (χ4v) is 16.9. The van der Waals surface area contributed by atoms with Gasteiger partial charge in [0.2, 0.25) is 5.91 Å². The summed E-state index contributed by atoms with van der Waals surface area (Å²) in [4.78, 5) is 166. The Hall–Kier alpha value is -10.2. The number of pyridine rings is 1. The Labute approximate surface area is 661 Å². The van der Waals surface area contributed by atoms with Crippen LogP contribution in [-0.4, -0.2) is 242 Å². The van der Waals surface area contributed by atoms with E-state index in [4.69, 9.17) is 73.3 Å². The van der Waals surface area contributed by atoms with E-state index in [-0.39, 0.29) is 163 Å². The van der Waals surface area contributed by atoms with Gasteiger partial charge in [0.05, 0.1) is 95.0 Å². The summed E-state index contributed by atoms with van der Waals surface area (Å²) >= 11 is 4.34. The second-order valence-corrected chi connectivity index (χ2v) is 30.5. The molecule has 113 heavy (non-hydrogen) atoms.